The molecule has 5 nitrogen and oxygen atoms in total. The van der Waals surface area contributed by atoms with Crippen LogP contribution >= 0.6 is 11.6 Å². The summed E-state index contributed by atoms with van der Waals surface area (Å²) in [5.74, 6) is 0.117. The molecule has 130 valence electrons. The molecule has 0 spiro atoms. The Labute approximate surface area is 150 Å². The van der Waals surface area contributed by atoms with Crippen molar-refractivity contribution in [2.45, 2.75) is 0 Å². The Hall–Kier alpha value is -2.79. The SMILES string of the molecule is COc1cccc(/C=C/C(=O)OCC(=O)c2ccc(Cl)cc2)c1OC. The van der Waals surface area contributed by atoms with Crippen LogP contribution in [0.4, 0.5) is 0 Å². The lowest BCUT2D eigenvalue weighted by Crippen LogP contribution is -2.12. The third-order valence-corrected chi connectivity index (χ3v) is 3.60. The molecule has 0 fully saturated rings. The molecule has 0 saturated carbocycles. The van der Waals surface area contributed by atoms with Crippen LogP contribution in [0.3, 0.4) is 0 Å². The lowest BCUT2D eigenvalue weighted by molar-refractivity contribution is -0.136. The summed E-state index contributed by atoms with van der Waals surface area (Å²) < 4.78 is 15.4. The number of methoxy groups -OCH3 is 2. The van der Waals surface area contributed by atoms with Crippen LogP contribution in [0.5, 0.6) is 11.5 Å². The smallest absolute Gasteiger partial charge is 0.331 e. The molecule has 2 aromatic rings. The fourth-order valence-corrected chi connectivity index (χ4v) is 2.23. The summed E-state index contributed by atoms with van der Waals surface area (Å²) in [6.07, 6.45) is 2.77. The van der Waals surface area contributed by atoms with Gasteiger partial charge in [-0.05, 0) is 36.4 Å². The second-order valence-corrected chi connectivity index (χ2v) is 5.39. The van der Waals surface area contributed by atoms with Gasteiger partial charge in [-0.1, -0.05) is 23.7 Å². The van der Waals surface area contributed by atoms with E-state index < -0.39 is 5.97 Å². The van der Waals surface area contributed by atoms with E-state index in [1.165, 1.54) is 26.4 Å². The van der Waals surface area contributed by atoms with Crippen LogP contribution in [0.1, 0.15) is 15.9 Å². The zero-order valence-corrected chi connectivity index (χ0v) is 14.6. The summed E-state index contributed by atoms with van der Waals surface area (Å²) >= 11 is 5.76. The van der Waals surface area contributed by atoms with Gasteiger partial charge in [0.1, 0.15) is 0 Å². The largest absolute Gasteiger partial charge is 0.493 e. The number of para-hydroxylation sites is 1. The molecule has 25 heavy (non-hydrogen) atoms. The van der Waals surface area contributed by atoms with Crippen molar-refractivity contribution in [1.29, 1.82) is 0 Å². The summed E-state index contributed by atoms with van der Waals surface area (Å²) in [7, 11) is 3.04. The number of ether oxygens (including phenoxy) is 3. The maximum absolute atomic E-state index is 11.9. The standard InChI is InChI=1S/C19H17ClO5/c1-23-17-5-3-4-14(19(17)24-2)8-11-18(22)25-12-16(21)13-6-9-15(20)10-7-13/h3-11H,12H2,1-2H3/b11-8+. The van der Waals surface area contributed by atoms with Crippen LogP contribution < -0.4 is 9.47 Å². The molecule has 0 bridgehead atoms. The van der Waals surface area contributed by atoms with Crippen LogP contribution in [0.25, 0.3) is 6.08 Å². The Balaban J connectivity index is 1.97. The zero-order chi connectivity index (χ0) is 18.2. The first-order valence-corrected chi connectivity index (χ1v) is 7.77. The number of Topliss-reactive ketones (excluding diaryl/α,β-unsaturated/α-hetero) is 1. The second-order valence-electron chi connectivity index (χ2n) is 4.95. The number of benzene rings is 2. The molecule has 0 N–H and O–H groups in total. The van der Waals surface area contributed by atoms with Crippen molar-refractivity contribution in [1.82, 2.24) is 0 Å². The van der Waals surface area contributed by atoms with E-state index in [4.69, 9.17) is 25.8 Å². The molecule has 2 rings (SSSR count). The molecule has 6 heteroatoms. The number of halogens is 1. The van der Waals surface area contributed by atoms with Crippen LogP contribution in [-0.4, -0.2) is 32.6 Å². The molecule has 0 heterocycles. The van der Waals surface area contributed by atoms with E-state index in [1.54, 1.807) is 42.5 Å². The highest BCUT2D eigenvalue weighted by atomic mass is 35.5. The van der Waals surface area contributed by atoms with Gasteiger partial charge in [-0.25, -0.2) is 4.79 Å². The van der Waals surface area contributed by atoms with E-state index in [1.807, 2.05) is 0 Å². The molecule has 0 unspecified atom stereocenters. The van der Waals surface area contributed by atoms with E-state index in [0.29, 0.717) is 27.6 Å². The molecular formula is C19H17ClO5. The zero-order valence-electron chi connectivity index (χ0n) is 13.8. The van der Waals surface area contributed by atoms with Gasteiger partial charge >= 0.3 is 5.97 Å². The van der Waals surface area contributed by atoms with E-state index >= 15 is 0 Å². The van der Waals surface area contributed by atoms with Crippen molar-refractivity contribution >= 4 is 29.4 Å². The van der Waals surface area contributed by atoms with E-state index in [-0.39, 0.29) is 12.4 Å². The van der Waals surface area contributed by atoms with Crippen molar-refractivity contribution in [3.05, 3.63) is 64.7 Å². The maximum atomic E-state index is 11.9. The molecule has 0 saturated heterocycles. The number of carbonyl (C=O) groups is 2. The number of rotatable bonds is 7. The van der Waals surface area contributed by atoms with Gasteiger partial charge in [0.15, 0.2) is 23.9 Å². The number of esters is 1. The van der Waals surface area contributed by atoms with E-state index in [2.05, 4.69) is 0 Å². The highest BCUT2D eigenvalue weighted by Crippen LogP contribution is 2.31. The second kappa shape index (κ2) is 8.89. The number of hydrogen-bond acceptors (Lipinski definition) is 5. The van der Waals surface area contributed by atoms with Crippen molar-refractivity contribution in [2.24, 2.45) is 0 Å². The normalized spacial score (nSPS) is 10.5. The third-order valence-electron chi connectivity index (χ3n) is 3.34. The highest BCUT2D eigenvalue weighted by Gasteiger charge is 2.10. The van der Waals surface area contributed by atoms with E-state index in [0.717, 1.165) is 0 Å². The lowest BCUT2D eigenvalue weighted by Gasteiger charge is -2.09. The first-order valence-electron chi connectivity index (χ1n) is 7.39. The fraction of sp³-hybridized carbons (Fsp3) is 0.158. The quantitative estimate of drug-likeness (QED) is 0.427. The molecule has 0 radical (unpaired) electrons. The van der Waals surface area contributed by atoms with Gasteiger partial charge in [0.2, 0.25) is 0 Å². The summed E-state index contributed by atoms with van der Waals surface area (Å²) in [6, 6.07) is 11.7. The average Bonchev–Trinajstić information content (AvgIpc) is 2.64. The van der Waals surface area contributed by atoms with Gasteiger partial charge in [0.05, 0.1) is 14.2 Å². The van der Waals surface area contributed by atoms with Crippen LogP contribution in [0.15, 0.2) is 48.5 Å². The Bertz CT molecular complexity index is 781. The van der Waals surface area contributed by atoms with Crippen molar-refractivity contribution in [2.75, 3.05) is 20.8 Å². The Morgan fingerprint density at radius 2 is 1.76 bits per heavy atom. The van der Waals surface area contributed by atoms with E-state index in [9.17, 15) is 9.59 Å². The molecule has 0 aliphatic rings. The molecular weight excluding hydrogens is 344 g/mol. The molecule has 0 aliphatic carbocycles. The lowest BCUT2D eigenvalue weighted by atomic mass is 10.1. The summed E-state index contributed by atoms with van der Waals surface area (Å²) in [5.41, 5.74) is 1.08. The van der Waals surface area contributed by atoms with Gasteiger partial charge in [0.25, 0.3) is 0 Å². The van der Waals surface area contributed by atoms with Crippen molar-refractivity contribution < 1.29 is 23.8 Å². The summed E-state index contributed by atoms with van der Waals surface area (Å²) in [5, 5.41) is 0.531. The third kappa shape index (κ3) is 5.09. The topological polar surface area (TPSA) is 61.8 Å². The van der Waals surface area contributed by atoms with Gasteiger partial charge in [-0.15, -0.1) is 0 Å². The average molecular weight is 361 g/mol. The number of hydrogen-bond donors (Lipinski definition) is 0. The van der Waals surface area contributed by atoms with Crippen LogP contribution in [-0.2, 0) is 9.53 Å². The molecule has 0 amide bonds. The number of carbonyl (C=O) groups excluding carboxylic acids is 2. The van der Waals surface area contributed by atoms with Gasteiger partial charge in [-0.2, -0.15) is 0 Å². The molecule has 0 aromatic heterocycles. The first kappa shape index (κ1) is 18.5. The van der Waals surface area contributed by atoms with Gasteiger partial charge < -0.3 is 14.2 Å². The molecule has 2 aromatic carbocycles. The predicted molar refractivity (Wildman–Crippen MR) is 95.3 cm³/mol. The Morgan fingerprint density at radius 3 is 2.40 bits per heavy atom. The summed E-state index contributed by atoms with van der Waals surface area (Å²) in [4.78, 5) is 23.7. The summed E-state index contributed by atoms with van der Waals surface area (Å²) in [6.45, 7) is -0.347. The minimum atomic E-state index is -0.632. The Morgan fingerprint density at radius 1 is 1.04 bits per heavy atom. The molecule has 0 aliphatic heterocycles. The minimum Gasteiger partial charge on any atom is -0.493 e. The van der Waals surface area contributed by atoms with Gasteiger partial charge in [-0.3, -0.25) is 4.79 Å². The van der Waals surface area contributed by atoms with Crippen LogP contribution in [0, 0.1) is 0 Å². The number of ketones is 1. The first-order chi connectivity index (χ1) is 12.0. The minimum absolute atomic E-state index is 0.308. The fourth-order valence-electron chi connectivity index (χ4n) is 2.10. The monoisotopic (exact) mass is 360 g/mol. The van der Waals surface area contributed by atoms with Crippen molar-refractivity contribution in [3.8, 4) is 11.5 Å². The maximum Gasteiger partial charge on any atom is 0.331 e. The van der Waals surface area contributed by atoms with Crippen LogP contribution in [0.2, 0.25) is 5.02 Å². The van der Waals surface area contributed by atoms with Gasteiger partial charge in [0, 0.05) is 22.2 Å². The molecule has 0 atom stereocenters. The predicted octanol–water partition coefficient (Wildman–Crippen LogP) is 3.80. The van der Waals surface area contributed by atoms with Crippen molar-refractivity contribution in [3.63, 3.8) is 0 Å². The Kier molecular flexibility index (Phi) is 6.60. The highest BCUT2D eigenvalue weighted by molar-refractivity contribution is 6.30.